The number of thiazole rings is 1. The van der Waals surface area contributed by atoms with Crippen LogP contribution in [0.1, 0.15) is 23.5 Å². The van der Waals surface area contributed by atoms with Crippen molar-refractivity contribution in [1.82, 2.24) is 15.2 Å². The van der Waals surface area contributed by atoms with E-state index in [1.165, 1.54) is 19.4 Å². The fourth-order valence-corrected chi connectivity index (χ4v) is 3.51. The van der Waals surface area contributed by atoms with Gasteiger partial charge in [-0.2, -0.15) is 0 Å². The molecule has 4 nitrogen and oxygen atoms in total. The van der Waals surface area contributed by atoms with Crippen LogP contribution < -0.4 is 10.1 Å². The van der Waals surface area contributed by atoms with Gasteiger partial charge in [0.1, 0.15) is 17.4 Å². The highest BCUT2D eigenvalue weighted by atomic mass is 35.5. The van der Waals surface area contributed by atoms with Crippen LogP contribution >= 0.6 is 23.7 Å². The van der Waals surface area contributed by atoms with Gasteiger partial charge in [0.05, 0.1) is 5.69 Å². The molecule has 0 aliphatic carbocycles. The molecular formula is C17H24ClN3OS. The molecular weight excluding hydrogens is 330 g/mol. The third kappa shape index (κ3) is 5.46. The quantitative estimate of drug-likeness (QED) is 0.864. The molecule has 1 aliphatic rings. The Hall–Kier alpha value is -1.14. The van der Waals surface area contributed by atoms with E-state index in [0.29, 0.717) is 12.6 Å². The number of nitrogens with zero attached hydrogens (tertiary/aromatic N) is 2. The SMILES string of the molecule is CNC1CCCN(Cc2csc(COc3ccccc3)n2)C1.Cl. The molecule has 1 N–H and O–H groups in total. The van der Waals surface area contributed by atoms with Crippen LogP contribution in [0.15, 0.2) is 35.7 Å². The van der Waals surface area contributed by atoms with E-state index in [9.17, 15) is 0 Å². The summed E-state index contributed by atoms with van der Waals surface area (Å²) in [4.78, 5) is 7.19. The predicted molar refractivity (Wildman–Crippen MR) is 97.5 cm³/mol. The topological polar surface area (TPSA) is 37.4 Å². The number of ether oxygens (including phenoxy) is 1. The molecule has 0 spiro atoms. The smallest absolute Gasteiger partial charge is 0.140 e. The molecule has 126 valence electrons. The van der Waals surface area contributed by atoms with Crippen molar-refractivity contribution < 1.29 is 4.74 Å². The van der Waals surface area contributed by atoms with Gasteiger partial charge in [-0.3, -0.25) is 4.90 Å². The standard InChI is InChI=1S/C17H23N3OS.ClH/c1-18-14-6-5-9-20(10-14)11-15-13-22-17(19-15)12-21-16-7-3-2-4-8-16;/h2-4,7-8,13-14,18H,5-6,9-12H2,1H3;1H. The molecule has 2 aromatic rings. The van der Waals surface area contributed by atoms with E-state index < -0.39 is 0 Å². The lowest BCUT2D eigenvalue weighted by Gasteiger charge is -2.31. The van der Waals surface area contributed by atoms with E-state index in [0.717, 1.165) is 29.5 Å². The van der Waals surface area contributed by atoms with Crippen LogP contribution in [0.4, 0.5) is 0 Å². The number of hydrogen-bond donors (Lipinski definition) is 1. The Kier molecular flexibility index (Phi) is 7.30. The first-order valence-corrected chi connectivity index (χ1v) is 8.72. The number of piperidine rings is 1. The van der Waals surface area contributed by atoms with Gasteiger partial charge in [0.25, 0.3) is 0 Å². The van der Waals surface area contributed by atoms with E-state index in [-0.39, 0.29) is 12.4 Å². The summed E-state index contributed by atoms with van der Waals surface area (Å²) in [6.45, 7) is 3.78. The number of rotatable bonds is 6. The minimum atomic E-state index is 0. The zero-order valence-corrected chi connectivity index (χ0v) is 15.0. The molecule has 1 aromatic carbocycles. The van der Waals surface area contributed by atoms with Gasteiger partial charge in [0.2, 0.25) is 0 Å². The average molecular weight is 354 g/mol. The molecule has 1 aliphatic heterocycles. The monoisotopic (exact) mass is 353 g/mol. The van der Waals surface area contributed by atoms with Crippen molar-refractivity contribution in [2.75, 3.05) is 20.1 Å². The summed E-state index contributed by atoms with van der Waals surface area (Å²) in [5, 5.41) is 6.59. The normalized spacial score (nSPS) is 18.4. The highest BCUT2D eigenvalue weighted by Gasteiger charge is 2.19. The number of benzene rings is 1. The van der Waals surface area contributed by atoms with Crippen LogP contribution in [0.25, 0.3) is 0 Å². The Morgan fingerprint density at radius 2 is 2.17 bits per heavy atom. The number of likely N-dealkylation sites (tertiary alicyclic amines) is 1. The van der Waals surface area contributed by atoms with Gasteiger partial charge in [-0.05, 0) is 38.6 Å². The van der Waals surface area contributed by atoms with Crippen molar-refractivity contribution in [2.45, 2.75) is 32.0 Å². The molecule has 23 heavy (non-hydrogen) atoms. The Balaban J connectivity index is 0.00000192. The van der Waals surface area contributed by atoms with Gasteiger partial charge in [0.15, 0.2) is 0 Å². The minimum Gasteiger partial charge on any atom is -0.486 e. The maximum Gasteiger partial charge on any atom is 0.140 e. The van der Waals surface area contributed by atoms with Crippen molar-refractivity contribution in [3.63, 3.8) is 0 Å². The van der Waals surface area contributed by atoms with E-state index >= 15 is 0 Å². The zero-order valence-electron chi connectivity index (χ0n) is 13.4. The highest BCUT2D eigenvalue weighted by Crippen LogP contribution is 2.18. The van der Waals surface area contributed by atoms with Crippen LogP contribution in [-0.4, -0.2) is 36.1 Å². The fraction of sp³-hybridized carbons (Fsp3) is 0.471. The van der Waals surface area contributed by atoms with Crippen LogP contribution in [0.3, 0.4) is 0 Å². The zero-order chi connectivity index (χ0) is 15.2. The second-order valence-corrected chi connectivity index (χ2v) is 6.64. The number of likely N-dealkylation sites (N-methyl/N-ethyl adjacent to an activating group) is 1. The van der Waals surface area contributed by atoms with E-state index in [2.05, 4.69) is 22.6 Å². The number of nitrogens with one attached hydrogen (secondary N) is 1. The second kappa shape index (κ2) is 9.23. The molecule has 1 fully saturated rings. The first-order chi connectivity index (χ1) is 10.8. The van der Waals surface area contributed by atoms with Gasteiger partial charge in [0, 0.05) is 24.5 Å². The molecule has 1 aromatic heterocycles. The molecule has 0 radical (unpaired) electrons. The van der Waals surface area contributed by atoms with E-state index in [1.807, 2.05) is 30.3 Å². The molecule has 3 rings (SSSR count). The van der Waals surface area contributed by atoms with Crippen molar-refractivity contribution in [3.8, 4) is 5.75 Å². The van der Waals surface area contributed by atoms with Crippen LogP contribution in [0.5, 0.6) is 5.75 Å². The van der Waals surface area contributed by atoms with Crippen LogP contribution in [-0.2, 0) is 13.2 Å². The summed E-state index contributed by atoms with van der Waals surface area (Å²) in [6, 6.07) is 10.5. The number of hydrogen-bond acceptors (Lipinski definition) is 5. The lowest BCUT2D eigenvalue weighted by molar-refractivity contribution is 0.186. The van der Waals surface area contributed by atoms with Gasteiger partial charge in [-0.25, -0.2) is 4.98 Å². The van der Waals surface area contributed by atoms with Gasteiger partial charge in [-0.1, -0.05) is 18.2 Å². The first-order valence-electron chi connectivity index (χ1n) is 7.84. The molecule has 2 heterocycles. The summed E-state index contributed by atoms with van der Waals surface area (Å²) in [7, 11) is 2.05. The molecule has 1 atom stereocenters. The van der Waals surface area contributed by atoms with Crippen LogP contribution in [0.2, 0.25) is 0 Å². The summed E-state index contributed by atoms with van der Waals surface area (Å²) in [5.41, 5.74) is 1.16. The van der Waals surface area contributed by atoms with Gasteiger partial charge >= 0.3 is 0 Å². The molecule has 6 heteroatoms. The van der Waals surface area contributed by atoms with Crippen LogP contribution in [0, 0.1) is 0 Å². The molecule has 0 bridgehead atoms. The number of aromatic nitrogens is 1. The highest BCUT2D eigenvalue weighted by molar-refractivity contribution is 7.09. The maximum absolute atomic E-state index is 5.75. The third-order valence-corrected chi connectivity index (χ3v) is 4.88. The van der Waals surface area contributed by atoms with Crippen molar-refractivity contribution in [3.05, 3.63) is 46.4 Å². The largest absolute Gasteiger partial charge is 0.486 e. The van der Waals surface area contributed by atoms with Crippen molar-refractivity contribution in [1.29, 1.82) is 0 Å². The lowest BCUT2D eigenvalue weighted by atomic mass is 10.1. The summed E-state index contributed by atoms with van der Waals surface area (Å²) in [5.74, 6) is 0.896. The average Bonchev–Trinajstić information content (AvgIpc) is 3.01. The number of para-hydroxylation sites is 1. The Morgan fingerprint density at radius 1 is 1.35 bits per heavy atom. The van der Waals surface area contributed by atoms with Gasteiger partial charge in [-0.15, -0.1) is 23.7 Å². The predicted octanol–water partition coefficient (Wildman–Crippen LogP) is 3.33. The van der Waals surface area contributed by atoms with Crippen molar-refractivity contribution in [2.24, 2.45) is 0 Å². The molecule has 1 unspecified atom stereocenters. The Morgan fingerprint density at radius 3 is 2.96 bits per heavy atom. The van der Waals surface area contributed by atoms with E-state index in [4.69, 9.17) is 9.72 Å². The summed E-state index contributed by atoms with van der Waals surface area (Å²) >= 11 is 1.69. The molecule has 0 saturated carbocycles. The maximum atomic E-state index is 5.75. The Bertz CT molecular complexity index is 578. The summed E-state index contributed by atoms with van der Waals surface area (Å²) in [6.07, 6.45) is 2.54. The number of halogens is 1. The second-order valence-electron chi connectivity index (χ2n) is 5.70. The summed E-state index contributed by atoms with van der Waals surface area (Å²) < 4.78 is 5.75. The minimum absolute atomic E-state index is 0. The lowest BCUT2D eigenvalue weighted by Crippen LogP contribution is -2.43. The van der Waals surface area contributed by atoms with Crippen molar-refractivity contribution >= 4 is 23.7 Å². The third-order valence-electron chi connectivity index (χ3n) is 4.00. The molecule has 0 amide bonds. The first kappa shape index (κ1) is 18.2. The van der Waals surface area contributed by atoms with E-state index in [1.54, 1.807) is 11.3 Å². The Labute approximate surface area is 148 Å². The fourth-order valence-electron chi connectivity index (χ4n) is 2.81. The molecule has 1 saturated heterocycles. The van der Waals surface area contributed by atoms with Gasteiger partial charge < -0.3 is 10.1 Å².